The van der Waals surface area contributed by atoms with Crippen LogP contribution < -0.4 is 20.5 Å². The first-order valence-corrected chi connectivity index (χ1v) is 9.99. The van der Waals surface area contributed by atoms with E-state index in [9.17, 15) is 18.4 Å². The molecule has 0 saturated carbocycles. The van der Waals surface area contributed by atoms with E-state index in [1.54, 1.807) is 12.1 Å². The number of fused-ring (bicyclic) bond motifs is 1. The van der Waals surface area contributed by atoms with Gasteiger partial charge in [0.15, 0.2) is 0 Å². The monoisotopic (exact) mass is 461 g/mol. The van der Waals surface area contributed by atoms with Crippen molar-refractivity contribution in [3.63, 3.8) is 0 Å². The van der Waals surface area contributed by atoms with Gasteiger partial charge < -0.3 is 19.7 Å². The van der Waals surface area contributed by atoms with Gasteiger partial charge in [-0.25, -0.2) is 8.78 Å². The zero-order valence-electron chi connectivity index (χ0n) is 16.6. The van der Waals surface area contributed by atoms with Crippen molar-refractivity contribution in [1.29, 1.82) is 0 Å². The number of hydrogen-bond acceptors (Lipinski definition) is 5. The zero-order valence-corrected chi connectivity index (χ0v) is 17.4. The second-order valence-electron chi connectivity index (χ2n) is 7.12. The molecule has 0 radical (unpaired) electrons. The molecule has 0 fully saturated rings. The van der Waals surface area contributed by atoms with Crippen molar-refractivity contribution in [2.24, 2.45) is 0 Å². The molecule has 7 nitrogen and oxygen atoms in total. The Hall–Kier alpha value is -3.43. The summed E-state index contributed by atoms with van der Waals surface area (Å²) in [6.45, 7) is -0.327. The third-order valence-electron chi connectivity index (χ3n) is 5.04. The first-order valence-electron chi connectivity index (χ1n) is 9.61. The number of anilines is 2. The van der Waals surface area contributed by atoms with E-state index >= 15 is 0 Å². The number of carbonyl (C=O) groups is 1. The number of halogens is 3. The molecular weight excluding hydrogens is 444 g/mol. The van der Waals surface area contributed by atoms with E-state index in [1.807, 2.05) is 6.07 Å². The summed E-state index contributed by atoms with van der Waals surface area (Å²) in [6, 6.07) is 9.94. The lowest BCUT2D eigenvalue weighted by molar-refractivity contribution is -0.121. The van der Waals surface area contributed by atoms with Gasteiger partial charge in [-0.15, -0.1) is 0 Å². The van der Waals surface area contributed by atoms with Gasteiger partial charge in [-0.1, -0.05) is 17.7 Å². The number of aromatic nitrogens is 1. The van der Waals surface area contributed by atoms with Gasteiger partial charge >= 0.3 is 0 Å². The number of aliphatic hydroxyl groups excluding tert-OH is 1. The van der Waals surface area contributed by atoms with Crippen LogP contribution >= 0.6 is 11.6 Å². The maximum absolute atomic E-state index is 13.8. The van der Waals surface area contributed by atoms with E-state index in [2.05, 4.69) is 5.32 Å². The molecule has 2 aromatic carbocycles. The first kappa shape index (κ1) is 21.8. The quantitative estimate of drug-likeness (QED) is 0.589. The van der Waals surface area contributed by atoms with Crippen molar-refractivity contribution in [2.45, 2.75) is 13.2 Å². The molecule has 0 aliphatic carbocycles. The lowest BCUT2D eigenvalue weighted by atomic mass is 10.1. The van der Waals surface area contributed by atoms with Crippen LogP contribution in [0.2, 0.25) is 5.02 Å². The van der Waals surface area contributed by atoms with Gasteiger partial charge in [0.1, 0.15) is 35.6 Å². The van der Waals surface area contributed by atoms with E-state index < -0.39 is 29.7 Å². The van der Waals surface area contributed by atoms with Crippen LogP contribution in [0.1, 0.15) is 11.1 Å². The number of benzene rings is 2. The summed E-state index contributed by atoms with van der Waals surface area (Å²) in [5, 5.41) is 12.0. The molecule has 10 heteroatoms. The first-order chi connectivity index (χ1) is 15.4. The van der Waals surface area contributed by atoms with E-state index in [1.165, 1.54) is 27.8 Å². The summed E-state index contributed by atoms with van der Waals surface area (Å²) in [5.41, 5.74) is 1.79. The number of rotatable bonds is 6. The predicted molar refractivity (Wildman–Crippen MR) is 115 cm³/mol. The van der Waals surface area contributed by atoms with E-state index in [-0.39, 0.29) is 36.2 Å². The van der Waals surface area contributed by atoms with Gasteiger partial charge in [0, 0.05) is 17.8 Å². The normalized spacial score (nSPS) is 12.4. The Balaban J connectivity index is 1.49. The maximum atomic E-state index is 13.8. The Morgan fingerprint density at radius 2 is 2.00 bits per heavy atom. The molecule has 0 saturated heterocycles. The van der Waals surface area contributed by atoms with Gasteiger partial charge in [-0.05, 0) is 35.9 Å². The second-order valence-corrected chi connectivity index (χ2v) is 7.50. The minimum atomic E-state index is -0.751. The second kappa shape index (κ2) is 8.97. The minimum Gasteiger partial charge on any atom is -0.487 e. The van der Waals surface area contributed by atoms with Crippen molar-refractivity contribution >= 4 is 28.9 Å². The summed E-state index contributed by atoms with van der Waals surface area (Å²) < 4.78 is 33.6. The number of amides is 1. The SMILES string of the molecule is O=C(CO)N1CNc2cc(Cn3ccc(OCc4ccc(F)cc4F)c(Cl)c3=O)ccc21. The number of ether oxygens (including phenoxy) is 1. The lowest BCUT2D eigenvalue weighted by Gasteiger charge is -2.15. The Labute approximate surface area is 186 Å². The molecule has 0 spiro atoms. The molecule has 2 N–H and O–H groups in total. The van der Waals surface area contributed by atoms with Crippen LogP contribution in [0.4, 0.5) is 20.2 Å². The highest BCUT2D eigenvalue weighted by Gasteiger charge is 2.23. The summed E-state index contributed by atoms with van der Waals surface area (Å²) in [5.74, 6) is -1.77. The summed E-state index contributed by atoms with van der Waals surface area (Å²) in [7, 11) is 0. The largest absolute Gasteiger partial charge is 0.487 e. The molecule has 0 bridgehead atoms. The van der Waals surface area contributed by atoms with Crippen molar-refractivity contribution in [3.8, 4) is 5.75 Å². The van der Waals surface area contributed by atoms with Gasteiger partial charge in [0.2, 0.25) is 0 Å². The van der Waals surface area contributed by atoms with Gasteiger partial charge in [0.25, 0.3) is 11.5 Å². The summed E-state index contributed by atoms with van der Waals surface area (Å²) in [6.07, 6.45) is 1.51. The number of carbonyl (C=O) groups excluding carboxylic acids is 1. The van der Waals surface area contributed by atoms with Gasteiger partial charge in [-0.2, -0.15) is 0 Å². The highest BCUT2D eigenvalue weighted by atomic mass is 35.5. The highest BCUT2D eigenvalue weighted by molar-refractivity contribution is 6.31. The van der Waals surface area contributed by atoms with E-state index in [0.29, 0.717) is 11.4 Å². The van der Waals surface area contributed by atoms with Crippen LogP contribution in [0.25, 0.3) is 0 Å². The van der Waals surface area contributed by atoms with Gasteiger partial charge in [-0.3, -0.25) is 14.5 Å². The van der Waals surface area contributed by atoms with Crippen molar-refractivity contribution in [3.05, 3.63) is 86.8 Å². The summed E-state index contributed by atoms with van der Waals surface area (Å²) >= 11 is 6.17. The number of pyridine rings is 1. The van der Waals surface area contributed by atoms with Crippen LogP contribution in [0, 0.1) is 11.6 Å². The van der Waals surface area contributed by atoms with Gasteiger partial charge in [0.05, 0.1) is 24.6 Å². The Morgan fingerprint density at radius 1 is 1.19 bits per heavy atom. The van der Waals surface area contributed by atoms with E-state index in [0.717, 1.165) is 17.7 Å². The minimum absolute atomic E-state index is 0.0884. The Morgan fingerprint density at radius 3 is 2.75 bits per heavy atom. The molecule has 1 aliphatic heterocycles. The topological polar surface area (TPSA) is 83.8 Å². The third kappa shape index (κ3) is 4.30. The standard InChI is InChI=1S/C22H18ClF2N3O4/c23-21-19(32-11-14-2-3-15(24)8-16(14)25)5-6-27(22(21)31)9-13-1-4-18-17(7-13)26-12-28(18)20(30)10-29/h1-8,26,29H,9-12H2. The molecule has 1 aromatic heterocycles. The average molecular weight is 462 g/mol. The fraction of sp³-hybridized carbons (Fsp3) is 0.182. The van der Waals surface area contributed by atoms with Crippen LogP contribution in [0.15, 0.2) is 53.5 Å². The fourth-order valence-electron chi connectivity index (χ4n) is 3.37. The van der Waals surface area contributed by atoms with E-state index in [4.69, 9.17) is 21.4 Å². The number of nitrogens with one attached hydrogen (secondary N) is 1. The smallest absolute Gasteiger partial charge is 0.273 e. The number of hydrogen-bond donors (Lipinski definition) is 2. The Bertz CT molecular complexity index is 1250. The average Bonchev–Trinajstić information content (AvgIpc) is 3.20. The Kier molecular flexibility index (Phi) is 6.11. The lowest BCUT2D eigenvalue weighted by Crippen LogP contribution is -2.32. The zero-order chi connectivity index (χ0) is 22.8. The molecule has 1 amide bonds. The van der Waals surface area contributed by atoms with Crippen LogP contribution in [-0.4, -0.2) is 28.9 Å². The molecule has 3 aromatic rings. The van der Waals surface area contributed by atoms with Crippen molar-refractivity contribution in [1.82, 2.24) is 4.57 Å². The number of nitrogens with zero attached hydrogens (tertiary/aromatic N) is 2. The third-order valence-corrected chi connectivity index (χ3v) is 5.39. The molecule has 4 rings (SSSR count). The number of aliphatic hydroxyl groups is 1. The van der Waals surface area contributed by atoms with Crippen molar-refractivity contribution < 1.29 is 23.4 Å². The molecule has 1 aliphatic rings. The molecule has 32 heavy (non-hydrogen) atoms. The molecule has 166 valence electrons. The summed E-state index contributed by atoms with van der Waals surface area (Å²) in [4.78, 5) is 25.9. The molecule has 0 atom stereocenters. The fourth-order valence-corrected chi connectivity index (χ4v) is 3.60. The van der Waals surface area contributed by atoms with Crippen LogP contribution in [0.5, 0.6) is 5.75 Å². The van der Waals surface area contributed by atoms with Crippen LogP contribution in [-0.2, 0) is 17.9 Å². The molecule has 0 unspecified atom stereocenters. The predicted octanol–water partition coefficient (Wildman–Crippen LogP) is 3.12. The van der Waals surface area contributed by atoms with Crippen molar-refractivity contribution in [2.75, 3.05) is 23.5 Å². The molecular formula is C22H18ClF2N3O4. The molecule has 2 heterocycles. The maximum Gasteiger partial charge on any atom is 0.273 e. The van der Waals surface area contributed by atoms with Crippen LogP contribution in [0.3, 0.4) is 0 Å². The highest BCUT2D eigenvalue weighted by Crippen LogP contribution is 2.32.